The minimum Gasteiger partial charge on any atom is -0.367 e. The van der Waals surface area contributed by atoms with E-state index in [4.69, 9.17) is 0 Å². The average molecular weight is 439 g/mol. The molecule has 0 aliphatic carbocycles. The summed E-state index contributed by atoms with van der Waals surface area (Å²) in [5.41, 5.74) is 3.89. The SMILES string of the molecule is O=C(c1ccc2ncsc2c1)N1CCCC[C@H]1CNc1cnc2cc(F)c(F)cc2n1. The molecule has 5 rings (SSSR count). The first-order valence-corrected chi connectivity index (χ1v) is 11.0. The molecule has 1 amide bonds. The molecule has 3 heterocycles. The molecule has 2 aromatic heterocycles. The van der Waals surface area contributed by atoms with Crippen molar-refractivity contribution in [1.29, 1.82) is 0 Å². The number of anilines is 1. The van der Waals surface area contributed by atoms with Gasteiger partial charge < -0.3 is 10.2 Å². The summed E-state index contributed by atoms with van der Waals surface area (Å²) in [5, 5.41) is 3.21. The van der Waals surface area contributed by atoms with E-state index in [2.05, 4.69) is 20.3 Å². The Morgan fingerprint density at radius 1 is 1.10 bits per heavy atom. The first-order chi connectivity index (χ1) is 15.1. The highest BCUT2D eigenvalue weighted by Crippen LogP contribution is 2.24. The summed E-state index contributed by atoms with van der Waals surface area (Å²) in [6.45, 7) is 1.19. The largest absolute Gasteiger partial charge is 0.367 e. The van der Waals surface area contributed by atoms with Gasteiger partial charge in [0, 0.05) is 36.8 Å². The van der Waals surface area contributed by atoms with Crippen LogP contribution < -0.4 is 5.32 Å². The number of piperidine rings is 1. The van der Waals surface area contributed by atoms with Gasteiger partial charge >= 0.3 is 0 Å². The maximum absolute atomic E-state index is 13.5. The number of halogens is 2. The lowest BCUT2D eigenvalue weighted by atomic mass is 10.0. The van der Waals surface area contributed by atoms with Crippen molar-refractivity contribution in [3.05, 3.63) is 59.2 Å². The molecular weight excluding hydrogens is 420 g/mol. The van der Waals surface area contributed by atoms with Crippen LogP contribution in [0, 0.1) is 11.6 Å². The van der Waals surface area contributed by atoms with Crippen molar-refractivity contribution >= 4 is 44.3 Å². The summed E-state index contributed by atoms with van der Waals surface area (Å²) in [7, 11) is 0. The van der Waals surface area contributed by atoms with E-state index in [1.54, 1.807) is 5.51 Å². The van der Waals surface area contributed by atoms with Crippen LogP contribution >= 0.6 is 11.3 Å². The third-order valence-corrected chi connectivity index (χ3v) is 6.36. The molecule has 0 radical (unpaired) electrons. The Hall–Kier alpha value is -3.20. The third kappa shape index (κ3) is 3.93. The fraction of sp³-hybridized carbons (Fsp3) is 0.273. The Labute approximate surface area is 181 Å². The van der Waals surface area contributed by atoms with Crippen molar-refractivity contribution in [2.24, 2.45) is 0 Å². The molecule has 1 fully saturated rings. The van der Waals surface area contributed by atoms with Crippen LogP contribution in [-0.4, -0.2) is 44.9 Å². The lowest BCUT2D eigenvalue weighted by Crippen LogP contribution is -2.47. The number of carbonyl (C=O) groups excluding carboxylic acids is 1. The number of nitrogens with zero attached hydrogens (tertiary/aromatic N) is 4. The van der Waals surface area contributed by atoms with Crippen LogP contribution in [0.25, 0.3) is 21.3 Å². The van der Waals surface area contributed by atoms with E-state index < -0.39 is 11.6 Å². The number of likely N-dealkylation sites (tertiary alicyclic amines) is 1. The molecule has 9 heteroatoms. The maximum atomic E-state index is 13.5. The highest BCUT2D eigenvalue weighted by atomic mass is 32.1. The fourth-order valence-electron chi connectivity index (χ4n) is 3.95. The van der Waals surface area contributed by atoms with Crippen molar-refractivity contribution in [1.82, 2.24) is 19.9 Å². The molecule has 0 unspecified atom stereocenters. The van der Waals surface area contributed by atoms with E-state index in [1.165, 1.54) is 17.5 Å². The number of hydrogen-bond acceptors (Lipinski definition) is 6. The van der Waals surface area contributed by atoms with Gasteiger partial charge in [-0.1, -0.05) is 0 Å². The predicted molar refractivity (Wildman–Crippen MR) is 116 cm³/mol. The molecule has 2 aromatic carbocycles. The van der Waals surface area contributed by atoms with Crippen LogP contribution in [0.4, 0.5) is 14.6 Å². The Morgan fingerprint density at radius 3 is 2.81 bits per heavy atom. The highest BCUT2D eigenvalue weighted by Gasteiger charge is 2.27. The fourth-order valence-corrected chi connectivity index (χ4v) is 4.67. The van der Waals surface area contributed by atoms with Gasteiger partial charge in [0.1, 0.15) is 5.82 Å². The van der Waals surface area contributed by atoms with Crippen LogP contribution in [-0.2, 0) is 0 Å². The molecule has 1 aliphatic rings. The normalized spacial score (nSPS) is 16.7. The van der Waals surface area contributed by atoms with E-state index in [9.17, 15) is 13.6 Å². The Kier molecular flexibility index (Phi) is 5.19. The number of carbonyl (C=O) groups is 1. The summed E-state index contributed by atoms with van der Waals surface area (Å²) in [6, 6.07) is 7.67. The smallest absolute Gasteiger partial charge is 0.254 e. The standard InChI is InChI=1S/C22H19F2N5OS/c23-15-8-18-19(9-16(15)24)28-21(11-25-18)26-10-14-3-1-2-6-29(14)22(30)13-4-5-17-20(7-13)31-12-27-17/h4-5,7-9,11-12,14H,1-3,6,10H2,(H,26,28)/t14-/m0/s1. The quantitative estimate of drug-likeness (QED) is 0.502. The van der Waals surface area contributed by atoms with E-state index >= 15 is 0 Å². The first kappa shape index (κ1) is 19.7. The Bertz CT molecular complexity index is 1280. The minimum absolute atomic E-state index is 0.000795. The second-order valence-corrected chi connectivity index (χ2v) is 8.46. The maximum Gasteiger partial charge on any atom is 0.254 e. The van der Waals surface area contributed by atoms with Crippen molar-refractivity contribution in [2.75, 3.05) is 18.4 Å². The topological polar surface area (TPSA) is 71.0 Å². The van der Waals surface area contributed by atoms with Crippen molar-refractivity contribution < 1.29 is 13.6 Å². The third-order valence-electron chi connectivity index (χ3n) is 5.57. The zero-order valence-corrected chi connectivity index (χ0v) is 17.3. The minimum atomic E-state index is -0.957. The van der Waals surface area contributed by atoms with Crippen LogP contribution in [0.1, 0.15) is 29.6 Å². The van der Waals surface area contributed by atoms with Gasteiger partial charge in [-0.25, -0.2) is 18.7 Å². The van der Waals surface area contributed by atoms with Gasteiger partial charge in [0.2, 0.25) is 0 Å². The summed E-state index contributed by atoms with van der Waals surface area (Å²) >= 11 is 1.52. The lowest BCUT2D eigenvalue weighted by molar-refractivity contribution is 0.0628. The second kappa shape index (κ2) is 8.14. The number of aromatic nitrogens is 3. The monoisotopic (exact) mass is 439 g/mol. The molecule has 158 valence electrons. The van der Waals surface area contributed by atoms with E-state index in [0.717, 1.165) is 41.6 Å². The van der Waals surface area contributed by atoms with E-state index in [1.807, 2.05) is 23.1 Å². The molecule has 0 saturated carbocycles. The zero-order valence-electron chi connectivity index (χ0n) is 16.5. The first-order valence-electron chi connectivity index (χ1n) is 10.1. The summed E-state index contributed by atoms with van der Waals surface area (Å²) in [6.07, 6.45) is 4.37. The molecule has 4 aromatic rings. The second-order valence-electron chi connectivity index (χ2n) is 7.57. The van der Waals surface area contributed by atoms with Crippen molar-refractivity contribution in [3.63, 3.8) is 0 Å². The molecule has 31 heavy (non-hydrogen) atoms. The Balaban J connectivity index is 1.33. The van der Waals surface area contributed by atoms with Crippen LogP contribution in [0.3, 0.4) is 0 Å². The molecule has 0 bridgehead atoms. The van der Waals surface area contributed by atoms with Crippen LogP contribution in [0.15, 0.2) is 42.0 Å². The van der Waals surface area contributed by atoms with Gasteiger partial charge in [-0.05, 0) is 37.5 Å². The molecule has 1 atom stereocenters. The number of thiazole rings is 1. The summed E-state index contributed by atoms with van der Waals surface area (Å²) in [4.78, 5) is 27.9. The van der Waals surface area contributed by atoms with E-state index in [0.29, 0.717) is 24.5 Å². The summed E-state index contributed by atoms with van der Waals surface area (Å²) in [5.74, 6) is -1.44. The van der Waals surface area contributed by atoms with Crippen molar-refractivity contribution in [3.8, 4) is 0 Å². The Morgan fingerprint density at radius 2 is 1.94 bits per heavy atom. The molecule has 1 N–H and O–H groups in total. The molecular formula is C22H19F2N5OS. The van der Waals surface area contributed by atoms with Gasteiger partial charge in [-0.3, -0.25) is 9.78 Å². The number of nitrogens with one attached hydrogen (secondary N) is 1. The van der Waals surface area contributed by atoms with Gasteiger partial charge in [-0.15, -0.1) is 11.3 Å². The van der Waals surface area contributed by atoms with Gasteiger partial charge in [0.15, 0.2) is 11.6 Å². The molecule has 1 saturated heterocycles. The van der Waals surface area contributed by atoms with Gasteiger partial charge in [0.05, 0.1) is 33.0 Å². The van der Waals surface area contributed by atoms with Crippen LogP contribution in [0.5, 0.6) is 0 Å². The number of amides is 1. The van der Waals surface area contributed by atoms with Gasteiger partial charge in [0.25, 0.3) is 5.91 Å². The van der Waals surface area contributed by atoms with Crippen LogP contribution in [0.2, 0.25) is 0 Å². The zero-order chi connectivity index (χ0) is 21.4. The number of benzene rings is 2. The molecule has 1 aliphatic heterocycles. The molecule has 0 spiro atoms. The number of rotatable bonds is 4. The number of fused-ring (bicyclic) bond motifs is 2. The van der Waals surface area contributed by atoms with E-state index in [-0.39, 0.29) is 23.0 Å². The lowest BCUT2D eigenvalue weighted by Gasteiger charge is -2.36. The summed E-state index contributed by atoms with van der Waals surface area (Å²) < 4.78 is 27.9. The predicted octanol–water partition coefficient (Wildman–Crippen LogP) is 4.62. The molecule has 6 nitrogen and oxygen atoms in total. The average Bonchev–Trinajstić information content (AvgIpc) is 3.26. The highest BCUT2D eigenvalue weighted by molar-refractivity contribution is 7.16. The number of hydrogen-bond donors (Lipinski definition) is 1. The van der Waals surface area contributed by atoms with Gasteiger partial charge in [-0.2, -0.15) is 0 Å². The van der Waals surface area contributed by atoms with Crippen molar-refractivity contribution in [2.45, 2.75) is 25.3 Å².